The molecule has 1 aliphatic rings. The van der Waals surface area contributed by atoms with Crippen molar-refractivity contribution in [1.82, 2.24) is 14.7 Å². The molecule has 0 bridgehead atoms. The fourth-order valence-electron chi connectivity index (χ4n) is 2.78. The molecule has 8 heteroatoms. The van der Waals surface area contributed by atoms with E-state index in [1.54, 1.807) is 22.7 Å². The quantitative estimate of drug-likeness (QED) is 0.910. The van der Waals surface area contributed by atoms with Crippen LogP contribution in [0.3, 0.4) is 0 Å². The van der Waals surface area contributed by atoms with Gasteiger partial charge in [0.1, 0.15) is 17.4 Å². The molecule has 1 saturated heterocycles. The Hall–Kier alpha value is -2.61. The van der Waals surface area contributed by atoms with Crippen LogP contribution < -0.4 is 0 Å². The highest BCUT2D eigenvalue weighted by molar-refractivity contribution is 5.96. The Morgan fingerprint density at radius 1 is 1.46 bits per heavy atom. The van der Waals surface area contributed by atoms with Crippen LogP contribution in [0, 0.1) is 0 Å². The van der Waals surface area contributed by atoms with Crippen LogP contribution in [0.15, 0.2) is 22.9 Å². The van der Waals surface area contributed by atoms with Crippen LogP contribution in [0.5, 0.6) is 0 Å². The number of carbonyl (C=O) groups excluding carboxylic acids is 1. The van der Waals surface area contributed by atoms with Gasteiger partial charge in [-0.05, 0) is 0 Å². The molecule has 3 rings (SSSR count). The number of nitrogens with zero attached hydrogens (tertiary/aromatic N) is 3. The molecule has 1 N–H and O–H groups in total. The number of aryl methyl sites for hydroxylation is 2. The highest BCUT2D eigenvalue weighted by Gasteiger charge is 2.29. The minimum atomic E-state index is -1.09. The van der Waals surface area contributed by atoms with Crippen LogP contribution in [0.1, 0.15) is 45.3 Å². The van der Waals surface area contributed by atoms with Gasteiger partial charge in [0.2, 0.25) is 0 Å². The van der Waals surface area contributed by atoms with Gasteiger partial charge in [-0.15, -0.1) is 0 Å². The van der Waals surface area contributed by atoms with Gasteiger partial charge >= 0.3 is 5.97 Å². The first-order chi connectivity index (χ1) is 11.5. The van der Waals surface area contributed by atoms with Gasteiger partial charge in [0, 0.05) is 37.8 Å². The van der Waals surface area contributed by atoms with Crippen molar-refractivity contribution in [1.29, 1.82) is 0 Å². The van der Waals surface area contributed by atoms with Crippen LogP contribution in [-0.4, -0.2) is 51.4 Å². The molecule has 8 nitrogen and oxygen atoms in total. The van der Waals surface area contributed by atoms with E-state index in [9.17, 15) is 14.7 Å². The number of carbonyl (C=O) groups is 2. The number of aromatic nitrogens is 2. The summed E-state index contributed by atoms with van der Waals surface area (Å²) in [7, 11) is 1.82. The number of hydrogen-bond donors (Lipinski definition) is 1. The van der Waals surface area contributed by atoms with Crippen molar-refractivity contribution in [2.45, 2.75) is 19.4 Å². The Labute approximate surface area is 138 Å². The number of ether oxygens (including phenoxy) is 1. The maximum absolute atomic E-state index is 12.6. The van der Waals surface area contributed by atoms with Crippen molar-refractivity contribution in [2.75, 3.05) is 19.7 Å². The molecule has 0 saturated carbocycles. The van der Waals surface area contributed by atoms with Crippen molar-refractivity contribution in [3.63, 3.8) is 0 Å². The van der Waals surface area contributed by atoms with E-state index in [2.05, 4.69) is 5.10 Å². The van der Waals surface area contributed by atoms with Gasteiger partial charge in [-0.2, -0.15) is 5.10 Å². The molecule has 1 atom stereocenters. The minimum absolute atomic E-state index is 0.0397. The first kappa shape index (κ1) is 16.3. The molecular weight excluding hydrogens is 314 g/mol. The monoisotopic (exact) mass is 333 g/mol. The number of rotatable bonds is 4. The summed E-state index contributed by atoms with van der Waals surface area (Å²) in [5.74, 6) is -1.06. The van der Waals surface area contributed by atoms with Crippen molar-refractivity contribution in [3.8, 4) is 0 Å². The summed E-state index contributed by atoms with van der Waals surface area (Å²) >= 11 is 0. The maximum atomic E-state index is 12.6. The third-order valence-corrected chi connectivity index (χ3v) is 4.02. The smallest absolute Gasteiger partial charge is 0.339 e. The molecule has 3 heterocycles. The normalized spacial score (nSPS) is 17.9. The van der Waals surface area contributed by atoms with Crippen LogP contribution in [-0.2, 0) is 18.2 Å². The SMILES string of the molecule is CCc1oc(C(=O)N2CCOC(c3cnn(C)c3)C2)cc1C(=O)O. The molecule has 0 spiro atoms. The lowest BCUT2D eigenvalue weighted by Crippen LogP contribution is -2.42. The van der Waals surface area contributed by atoms with Crippen LogP contribution in [0.2, 0.25) is 0 Å². The second-order valence-corrected chi connectivity index (χ2v) is 5.66. The summed E-state index contributed by atoms with van der Waals surface area (Å²) in [5.41, 5.74) is 0.938. The van der Waals surface area contributed by atoms with E-state index in [0.29, 0.717) is 31.9 Å². The average molecular weight is 333 g/mol. The van der Waals surface area contributed by atoms with Gasteiger partial charge in [-0.1, -0.05) is 6.92 Å². The summed E-state index contributed by atoms with van der Waals surface area (Å²) in [6.07, 6.45) is 3.72. The number of carboxylic acids is 1. The number of aromatic carboxylic acids is 1. The summed E-state index contributed by atoms with van der Waals surface area (Å²) in [4.78, 5) is 25.5. The minimum Gasteiger partial charge on any atom is -0.478 e. The molecule has 1 fully saturated rings. The van der Waals surface area contributed by atoms with Gasteiger partial charge in [-0.25, -0.2) is 4.79 Å². The van der Waals surface area contributed by atoms with Gasteiger partial charge in [0.25, 0.3) is 5.91 Å². The molecule has 1 aliphatic heterocycles. The number of carboxylic acid groups (broad SMARTS) is 1. The van der Waals surface area contributed by atoms with E-state index < -0.39 is 5.97 Å². The molecule has 24 heavy (non-hydrogen) atoms. The number of morpholine rings is 1. The van der Waals surface area contributed by atoms with Crippen LogP contribution in [0.25, 0.3) is 0 Å². The second-order valence-electron chi connectivity index (χ2n) is 5.66. The lowest BCUT2D eigenvalue weighted by atomic mass is 10.1. The van der Waals surface area contributed by atoms with Crippen molar-refractivity contribution in [2.24, 2.45) is 7.05 Å². The highest BCUT2D eigenvalue weighted by atomic mass is 16.5. The number of amides is 1. The fourth-order valence-corrected chi connectivity index (χ4v) is 2.78. The van der Waals surface area contributed by atoms with E-state index in [1.165, 1.54) is 6.07 Å². The maximum Gasteiger partial charge on any atom is 0.339 e. The Morgan fingerprint density at radius 3 is 2.83 bits per heavy atom. The molecular formula is C16H19N3O5. The Balaban J connectivity index is 1.78. The van der Waals surface area contributed by atoms with E-state index in [1.807, 2.05) is 13.2 Å². The van der Waals surface area contributed by atoms with Crippen molar-refractivity contribution >= 4 is 11.9 Å². The zero-order valence-corrected chi connectivity index (χ0v) is 13.6. The Bertz CT molecular complexity index is 764. The third-order valence-electron chi connectivity index (χ3n) is 4.02. The van der Waals surface area contributed by atoms with Crippen LogP contribution in [0.4, 0.5) is 0 Å². The second kappa shape index (κ2) is 6.48. The van der Waals surface area contributed by atoms with E-state index in [-0.39, 0.29) is 23.3 Å². The molecule has 0 aromatic carbocycles. The zero-order chi connectivity index (χ0) is 17.3. The van der Waals surface area contributed by atoms with Crippen LogP contribution >= 0.6 is 0 Å². The topological polar surface area (TPSA) is 97.8 Å². The van der Waals surface area contributed by atoms with E-state index >= 15 is 0 Å². The first-order valence-electron chi connectivity index (χ1n) is 7.75. The van der Waals surface area contributed by atoms with E-state index in [4.69, 9.17) is 9.15 Å². The molecule has 2 aromatic rings. The first-order valence-corrected chi connectivity index (χ1v) is 7.75. The fraction of sp³-hybridized carbons (Fsp3) is 0.438. The standard InChI is InChI=1S/C16H19N3O5/c1-3-12-11(16(21)22)6-13(24-12)15(20)19-4-5-23-14(9-19)10-7-17-18(2)8-10/h6-8,14H,3-5,9H2,1-2H3,(H,21,22). The third kappa shape index (κ3) is 3.05. The van der Waals surface area contributed by atoms with E-state index in [0.717, 1.165) is 5.56 Å². The van der Waals surface area contributed by atoms with Gasteiger partial charge < -0.3 is 19.2 Å². The van der Waals surface area contributed by atoms with Crippen molar-refractivity contribution in [3.05, 3.63) is 41.1 Å². The molecule has 0 radical (unpaired) electrons. The highest BCUT2D eigenvalue weighted by Crippen LogP contribution is 2.24. The van der Waals surface area contributed by atoms with Gasteiger partial charge in [-0.3, -0.25) is 9.48 Å². The predicted octanol–water partition coefficient (Wildman–Crippen LogP) is 1.49. The molecule has 2 aromatic heterocycles. The van der Waals surface area contributed by atoms with Gasteiger partial charge in [0.05, 0.1) is 19.3 Å². The zero-order valence-electron chi connectivity index (χ0n) is 13.6. The lowest BCUT2D eigenvalue weighted by molar-refractivity contribution is -0.0238. The average Bonchev–Trinajstić information content (AvgIpc) is 3.20. The van der Waals surface area contributed by atoms with Gasteiger partial charge in [0.15, 0.2) is 5.76 Å². The summed E-state index contributed by atoms with van der Waals surface area (Å²) in [6, 6.07) is 1.30. The molecule has 0 aliphatic carbocycles. The summed E-state index contributed by atoms with van der Waals surface area (Å²) in [5, 5.41) is 13.3. The molecule has 1 amide bonds. The largest absolute Gasteiger partial charge is 0.478 e. The van der Waals surface area contributed by atoms with Crippen molar-refractivity contribution < 1.29 is 23.8 Å². The Kier molecular flexibility index (Phi) is 4.39. The molecule has 1 unspecified atom stereocenters. The number of furan rings is 1. The predicted molar refractivity (Wildman–Crippen MR) is 82.8 cm³/mol. The summed E-state index contributed by atoms with van der Waals surface area (Å²) in [6.45, 7) is 2.99. The molecule has 128 valence electrons. The summed E-state index contributed by atoms with van der Waals surface area (Å²) < 4.78 is 12.8. The lowest BCUT2D eigenvalue weighted by Gasteiger charge is -2.32. The Morgan fingerprint density at radius 2 is 2.25 bits per heavy atom. The number of hydrogen-bond acceptors (Lipinski definition) is 5.